The van der Waals surface area contributed by atoms with Gasteiger partial charge in [-0.1, -0.05) is 23.2 Å². The summed E-state index contributed by atoms with van der Waals surface area (Å²) in [7, 11) is 1.12. The molecule has 0 bridgehead atoms. The molecule has 116 valence electrons. The normalized spacial score (nSPS) is 10.6. The molecular formula is C13H9Cl2F2N3O2. The molecule has 0 fully saturated rings. The van der Waals surface area contributed by atoms with Crippen molar-refractivity contribution in [1.82, 2.24) is 4.98 Å². The van der Waals surface area contributed by atoms with Gasteiger partial charge in [0.15, 0.2) is 11.5 Å². The van der Waals surface area contributed by atoms with Crippen LogP contribution in [0.1, 0.15) is 10.5 Å². The van der Waals surface area contributed by atoms with Gasteiger partial charge in [-0.3, -0.25) is 0 Å². The van der Waals surface area contributed by atoms with Crippen LogP contribution in [0, 0.1) is 11.6 Å². The van der Waals surface area contributed by atoms with Crippen LogP contribution < -0.4 is 11.5 Å². The molecule has 0 spiro atoms. The number of carbonyl (C=O) groups excluding carboxylic acids is 1. The smallest absolute Gasteiger partial charge is 0.358 e. The first-order valence-corrected chi connectivity index (χ1v) is 6.51. The predicted molar refractivity (Wildman–Crippen MR) is 79.8 cm³/mol. The van der Waals surface area contributed by atoms with E-state index in [-0.39, 0.29) is 27.7 Å². The van der Waals surface area contributed by atoms with Crippen LogP contribution in [0.15, 0.2) is 12.1 Å². The number of ether oxygens (including phenoxy) is 1. The van der Waals surface area contributed by atoms with E-state index in [0.717, 1.165) is 13.2 Å². The van der Waals surface area contributed by atoms with Crippen molar-refractivity contribution in [2.24, 2.45) is 0 Å². The lowest BCUT2D eigenvalue weighted by Crippen LogP contribution is -2.09. The molecule has 0 aliphatic carbocycles. The van der Waals surface area contributed by atoms with Crippen molar-refractivity contribution >= 4 is 40.5 Å². The summed E-state index contributed by atoms with van der Waals surface area (Å²) in [6.45, 7) is 0. The Hall–Kier alpha value is -2.12. The van der Waals surface area contributed by atoms with Gasteiger partial charge in [-0.15, -0.1) is 0 Å². The number of anilines is 2. The molecule has 0 amide bonds. The molecule has 0 saturated carbocycles. The highest BCUT2D eigenvalue weighted by Crippen LogP contribution is 2.35. The van der Waals surface area contributed by atoms with Gasteiger partial charge in [0.2, 0.25) is 0 Å². The van der Waals surface area contributed by atoms with Crippen LogP contribution in [0.2, 0.25) is 10.0 Å². The highest BCUT2D eigenvalue weighted by molar-refractivity contribution is 6.35. The largest absolute Gasteiger partial charge is 0.464 e. The van der Waals surface area contributed by atoms with E-state index in [0.29, 0.717) is 0 Å². The van der Waals surface area contributed by atoms with Gasteiger partial charge < -0.3 is 16.2 Å². The third kappa shape index (κ3) is 2.65. The fraction of sp³-hybridized carbons (Fsp3) is 0.0769. The molecule has 1 aromatic heterocycles. The Kier molecular flexibility index (Phi) is 4.39. The molecule has 0 aliphatic rings. The van der Waals surface area contributed by atoms with Crippen molar-refractivity contribution in [3.05, 3.63) is 39.5 Å². The van der Waals surface area contributed by atoms with Crippen molar-refractivity contribution in [2.45, 2.75) is 0 Å². The monoisotopic (exact) mass is 347 g/mol. The molecule has 0 saturated heterocycles. The number of rotatable bonds is 2. The van der Waals surface area contributed by atoms with Gasteiger partial charge in [-0.05, 0) is 12.1 Å². The quantitative estimate of drug-likeness (QED) is 0.494. The molecule has 0 aliphatic heterocycles. The first kappa shape index (κ1) is 16.3. The molecule has 4 N–H and O–H groups in total. The number of carbonyl (C=O) groups is 1. The molecule has 0 unspecified atom stereocenters. The molecule has 0 radical (unpaired) electrons. The Morgan fingerprint density at radius 3 is 2.45 bits per heavy atom. The molecule has 22 heavy (non-hydrogen) atoms. The van der Waals surface area contributed by atoms with E-state index in [9.17, 15) is 13.6 Å². The minimum Gasteiger partial charge on any atom is -0.464 e. The van der Waals surface area contributed by atoms with Crippen LogP contribution in [0.3, 0.4) is 0 Å². The predicted octanol–water partition coefficient (Wildman–Crippen LogP) is 3.28. The van der Waals surface area contributed by atoms with Gasteiger partial charge in [0.25, 0.3) is 0 Å². The summed E-state index contributed by atoms with van der Waals surface area (Å²) in [6.07, 6.45) is 0. The Labute approximate surface area is 133 Å². The number of hydrogen-bond acceptors (Lipinski definition) is 5. The number of aromatic nitrogens is 1. The maximum atomic E-state index is 13.8. The summed E-state index contributed by atoms with van der Waals surface area (Å²) in [5.74, 6) is -3.02. The Balaban J connectivity index is 2.74. The first-order valence-electron chi connectivity index (χ1n) is 5.75. The summed E-state index contributed by atoms with van der Waals surface area (Å²) in [6, 6.07) is 2.12. The lowest BCUT2D eigenvalue weighted by atomic mass is 10.1. The first-order chi connectivity index (χ1) is 10.3. The molecule has 2 rings (SSSR count). The molecular weight excluding hydrogens is 339 g/mol. The number of methoxy groups -OCH3 is 1. The minimum atomic E-state index is -1.13. The van der Waals surface area contributed by atoms with Crippen molar-refractivity contribution in [1.29, 1.82) is 0 Å². The molecule has 5 nitrogen and oxygen atoms in total. The number of esters is 1. The molecule has 1 heterocycles. The molecule has 2 aromatic rings. The Morgan fingerprint density at radius 2 is 1.86 bits per heavy atom. The van der Waals surface area contributed by atoms with E-state index in [1.165, 1.54) is 6.07 Å². The van der Waals surface area contributed by atoms with E-state index in [4.69, 9.17) is 34.7 Å². The van der Waals surface area contributed by atoms with Crippen LogP contribution in [0.5, 0.6) is 0 Å². The molecule has 9 heteroatoms. The highest BCUT2D eigenvalue weighted by Gasteiger charge is 2.21. The van der Waals surface area contributed by atoms with Crippen LogP contribution in [-0.2, 0) is 4.74 Å². The number of hydrogen-bond donors (Lipinski definition) is 2. The van der Waals surface area contributed by atoms with E-state index < -0.39 is 28.3 Å². The van der Waals surface area contributed by atoms with Crippen LogP contribution in [0.25, 0.3) is 11.3 Å². The second kappa shape index (κ2) is 5.94. The number of nitrogens with zero attached hydrogens (tertiary/aromatic N) is 1. The number of halogens is 4. The topological polar surface area (TPSA) is 91.2 Å². The van der Waals surface area contributed by atoms with Gasteiger partial charge >= 0.3 is 5.97 Å². The highest BCUT2D eigenvalue weighted by atomic mass is 35.5. The zero-order valence-electron chi connectivity index (χ0n) is 11.1. The maximum Gasteiger partial charge on any atom is 0.358 e. The van der Waals surface area contributed by atoms with Crippen molar-refractivity contribution in [3.63, 3.8) is 0 Å². The zero-order valence-corrected chi connectivity index (χ0v) is 12.6. The van der Waals surface area contributed by atoms with Gasteiger partial charge in [-0.25, -0.2) is 18.6 Å². The van der Waals surface area contributed by atoms with Gasteiger partial charge in [0, 0.05) is 5.56 Å². The van der Waals surface area contributed by atoms with Crippen molar-refractivity contribution in [3.8, 4) is 11.3 Å². The van der Waals surface area contributed by atoms with Gasteiger partial charge in [0.1, 0.15) is 10.8 Å². The summed E-state index contributed by atoms with van der Waals surface area (Å²) in [5.41, 5.74) is 10.3. The Bertz CT molecular complexity index is 785. The van der Waals surface area contributed by atoms with Gasteiger partial charge in [0.05, 0.1) is 29.2 Å². The summed E-state index contributed by atoms with van der Waals surface area (Å²) in [5, 5.41) is -0.875. The van der Waals surface area contributed by atoms with E-state index in [1.807, 2.05) is 0 Å². The molecule has 0 atom stereocenters. The van der Waals surface area contributed by atoms with Crippen LogP contribution in [0.4, 0.5) is 20.2 Å². The van der Waals surface area contributed by atoms with Crippen molar-refractivity contribution in [2.75, 3.05) is 18.6 Å². The fourth-order valence-corrected chi connectivity index (χ4v) is 2.07. The minimum absolute atomic E-state index is 0.0257. The third-order valence-electron chi connectivity index (χ3n) is 2.84. The fourth-order valence-electron chi connectivity index (χ4n) is 1.74. The standard InChI is InChI=1S/C13H9Cl2F2N3O2/c1-22-13(21)12-9(15)6(18)3-7(20-12)4-2-5(16)8(14)10(17)11(4)19/h2-3H,19H2,1H3,(H2,18,20). The van der Waals surface area contributed by atoms with Crippen LogP contribution in [-0.4, -0.2) is 18.1 Å². The van der Waals surface area contributed by atoms with Gasteiger partial charge in [-0.2, -0.15) is 0 Å². The second-order valence-electron chi connectivity index (χ2n) is 4.20. The average Bonchev–Trinajstić information content (AvgIpc) is 2.50. The SMILES string of the molecule is COC(=O)c1nc(-c2cc(F)c(Cl)c(F)c2N)cc(N)c1Cl. The van der Waals surface area contributed by atoms with Crippen LogP contribution >= 0.6 is 23.2 Å². The molecule has 1 aromatic carbocycles. The summed E-state index contributed by atoms with van der Waals surface area (Å²) in [4.78, 5) is 15.5. The summed E-state index contributed by atoms with van der Waals surface area (Å²) >= 11 is 11.3. The Morgan fingerprint density at radius 1 is 1.23 bits per heavy atom. The number of nitrogen functional groups attached to an aromatic ring is 2. The lowest BCUT2D eigenvalue weighted by Gasteiger charge is -2.11. The van der Waals surface area contributed by atoms with Crippen molar-refractivity contribution < 1.29 is 18.3 Å². The number of benzene rings is 1. The average molecular weight is 348 g/mol. The number of pyridine rings is 1. The summed E-state index contributed by atoms with van der Waals surface area (Å²) < 4.78 is 31.9. The maximum absolute atomic E-state index is 13.8. The van der Waals surface area contributed by atoms with E-state index >= 15 is 0 Å². The zero-order chi connectivity index (χ0) is 16.6. The third-order valence-corrected chi connectivity index (χ3v) is 3.58. The lowest BCUT2D eigenvalue weighted by molar-refractivity contribution is 0.0594. The second-order valence-corrected chi connectivity index (χ2v) is 4.95. The van der Waals surface area contributed by atoms with E-state index in [2.05, 4.69) is 9.72 Å². The number of nitrogens with two attached hydrogens (primary N) is 2. The van der Waals surface area contributed by atoms with E-state index in [1.54, 1.807) is 0 Å².